The Hall–Kier alpha value is -3.76. The molecule has 3 aromatic rings. The number of hydrogen-bond acceptors (Lipinski definition) is 6. The average Bonchev–Trinajstić information content (AvgIpc) is 2.82. The number of halogens is 3. The van der Waals surface area contributed by atoms with Crippen molar-refractivity contribution < 1.29 is 27.4 Å². The van der Waals surface area contributed by atoms with E-state index in [4.69, 9.17) is 9.47 Å². The minimum Gasteiger partial charge on any atom is -0.497 e. The molecule has 4 rings (SSSR count). The predicted molar refractivity (Wildman–Crippen MR) is 116 cm³/mol. The summed E-state index contributed by atoms with van der Waals surface area (Å²) >= 11 is 0. The van der Waals surface area contributed by atoms with Gasteiger partial charge in [0.05, 0.1) is 30.9 Å². The third kappa shape index (κ3) is 4.30. The fourth-order valence-electron chi connectivity index (χ4n) is 3.77. The number of amides is 2. The zero-order valence-corrected chi connectivity index (χ0v) is 18.3. The van der Waals surface area contributed by atoms with Gasteiger partial charge in [0.2, 0.25) is 0 Å². The van der Waals surface area contributed by atoms with E-state index in [1.54, 1.807) is 30.2 Å². The standard InChI is InChI=1S/C22H22F3N5O3/c1-12-10-14(23)17(24)18(25)19(12)29-6-8-30(9-7-29)22(31)28-20-21(33-3)27-16-11-13(32-2)4-5-15(16)26-20/h4-5,10-11H,6-9H2,1-3H3,(H,26,28,31). The molecule has 0 aliphatic carbocycles. The number of hydrogen-bond donors (Lipinski definition) is 1. The lowest BCUT2D eigenvalue weighted by molar-refractivity contribution is 0.207. The number of urea groups is 1. The molecule has 1 fully saturated rings. The molecule has 8 nitrogen and oxygen atoms in total. The molecule has 11 heteroatoms. The van der Waals surface area contributed by atoms with Gasteiger partial charge in [-0.05, 0) is 30.7 Å². The van der Waals surface area contributed by atoms with Crippen LogP contribution < -0.4 is 19.7 Å². The Morgan fingerprint density at radius 1 is 0.970 bits per heavy atom. The summed E-state index contributed by atoms with van der Waals surface area (Å²) in [5.74, 6) is -3.04. The van der Waals surface area contributed by atoms with Crippen molar-refractivity contribution in [2.24, 2.45) is 0 Å². The normalized spacial score (nSPS) is 13.9. The van der Waals surface area contributed by atoms with Gasteiger partial charge >= 0.3 is 6.03 Å². The molecule has 0 atom stereocenters. The van der Waals surface area contributed by atoms with Crippen molar-refractivity contribution in [2.75, 3.05) is 50.6 Å². The van der Waals surface area contributed by atoms with E-state index in [2.05, 4.69) is 15.3 Å². The number of benzene rings is 2. The topological polar surface area (TPSA) is 79.8 Å². The molecule has 2 heterocycles. The lowest BCUT2D eigenvalue weighted by atomic mass is 10.1. The first-order chi connectivity index (χ1) is 15.8. The number of aryl methyl sites for hydroxylation is 1. The SMILES string of the molecule is COc1ccc2nc(NC(=O)N3CCN(c4c(C)cc(F)c(F)c4F)CC3)c(OC)nc2c1. The second-order valence-corrected chi connectivity index (χ2v) is 7.49. The van der Waals surface area contributed by atoms with Crippen LogP contribution in [0.15, 0.2) is 24.3 Å². The summed E-state index contributed by atoms with van der Waals surface area (Å²) in [6, 6.07) is 5.68. The van der Waals surface area contributed by atoms with Gasteiger partial charge in [0, 0.05) is 32.2 Å². The molecule has 0 radical (unpaired) electrons. The number of nitrogens with zero attached hydrogens (tertiary/aromatic N) is 4. The molecule has 1 saturated heterocycles. The summed E-state index contributed by atoms with van der Waals surface area (Å²) in [5, 5.41) is 2.70. The van der Waals surface area contributed by atoms with Crippen LogP contribution in [0.2, 0.25) is 0 Å². The van der Waals surface area contributed by atoms with Crippen molar-refractivity contribution in [3.05, 3.63) is 47.3 Å². The van der Waals surface area contributed by atoms with Crippen LogP contribution in [0.5, 0.6) is 11.6 Å². The first kappa shape index (κ1) is 22.4. The lowest BCUT2D eigenvalue weighted by Gasteiger charge is -2.36. The summed E-state index contributed by atoms with van der Waals surface area (Å²) < 4.78 is 51.9. The molecular formula is C22H22F3N5O3. The third-order valence-corrected chi connectivity index (χ3v) is 5.47. The number of piperazine rings is 1. The molecular weight excluding hydrogens is 439 g/mol. The Morgan fingerprint density at radius 2 is 1.70 bits per heavy atom. The van der Waals surface area contributed by atoms with Gasteiger partial charge in [-0.1, -0.05) is 0 Å². The molecule has 0 spiro atoms. The highest BCUT2D eigenvalue weighted by Gasteiger charge is 2.27. The zero-order chi connectivity index (χ0) is 23.7. The maximum Gasteiger partial charge on any atom is 0.323 e. The fourth-order valence-corrected chi connectivity index (χ4v) is 3.77. The minimum absolute atomic E-state index is 0.00597. The van der Waals surface area contributed by atoms with Crippen LogP contribution in [0.25, 0.3) is 11.0 Å². The Kier molecular flexibility index (Phi) is 6.12. The van der Waals surface area contributed by atoms with Crippen LogP contribution in [0, 0.1) is 24.4 Å². The smallest absolute Gasteiger partial charge is 0.323 e. The summed E-state index contributed by atoms with van der Waals surface area (Å²) in [4.78, 5) is 24.7. The zero-order valence-electron chi connectivity index (χ0n) is 18.3. The highest BCUT2D eigenvalue weighted by molar-refractivity contribution is 5.91. The number of fused-ring (bicyclic) bond motifs is 1. The number of nitrogens with one attached hydrogen (secondary N) is 1. The van der Waals surface area contributed by atoms with E-state index in [0.29, 0.717) is 16.8 Å². The van der Waals surface area contributed by atoms with Crippen molar-refractivity contribution in [1.29, 1.82) is 0 Å². The van der Waals surface area contributed by atoms with Crippen LogP contribution in [-0.4, -0.2) is 61.3 Å². The first-order valence-electron chi connectivity index (χ1n) is 10.2. The van der Waals surface area contributed by atoms with Gasteiger partial charge in [0.25, 0.3) is 5.88 Å². The average molecular weight is 461 g/mol. The van der Waals surface area contributed by atoms with Crippen LogP contribution in [0.3, 0.4) is 0 Å². The molecule has 174 valence electrons. The molecule has 1 N–H and O–H groups in total. The molecule has 1 aliphatic heterocycles. The molecule has 0 unspecified atom stereocenters. The van der Waals surface area contributed by atoms with Gasteiger partial charge in [0.1, 0.15) is 5.75 Å². The van der Waals surface area contributed by atoms with Gasteiger partial charge in [-0.25, -0.2) is 27.9 Å². The monoisotopic (exact) mass is 461 g/mol. The number of rotatable bonds is 4. The van der Waals surface area contributed by atoms with E-state index in [-0.39, 0.29) is 49.1 Å². The van der Waals surface area contributed by atoms with E-state index in [1.165, 1.54) is 18.9 Å². The van der Waals surface area contributed by atoms with Gasteiger partial charge in [-0.2, -0.15) is 0 Å². The molecule has 33 heavy (non-hydrogen) atoms. The Labute approximate surface area is 187 Å². The van der Waals surface area contributed by atoms with Crippen molar-refractivity contribution >= 4 is 28.6 Å². The van der Waals surface area contributed by atoms with Gasteiger partial charge in [-0.3, -0.25) is 5.32 Å². The molecule has 1 aliphatic rings. The highest BCUT2D eigenvalue weighted by atomic mass is 19.2. The number of carbonyl (C=O) groups excluding carboxylic acids is 1. The summed E-state index contributed by atoms with van der Waals surface area (Å²) in [7, 11) is 2.96. The van der Waals surface area contributed by atoms with Crippen LogP contribution in [0.4, 0.5) is 29.5 Å². The van der Waals surface area contributed by atoms with Crippen molar-refractivity contribution in [3.8, 4) is 11.6 Å². The molecule has 2 amide bonds. The highest BCUT2D eigenvalue weighted by Crippen LogP contribution is 2.29. The number of ether oxygens (including phenoxy) is 2. The Bertz CT molecular complexity index is 1220. The number of anilines is 2. The number of carbonyl (C=O) groups is 1. The number of aromatic nitrogens is 2. The van der Waals surface area contributed by atoms with Crippen molar-refractivity contribution in [3.63, 3.8) is 0 Å². The summed E-state index contributed by atoms with van der Waals surface area (Å²) in [6.07, 6.45) is 0. The Morgan fingerprint density at radius 3 is 2.36 bits per heavy atom. The quantitative estimate of drug-likeness (QED) is 0.597. The van der Waals surface area contributed by atoms with E-state index in [0.717, 1.165) is 6.07 Å². The minimum atomic E-state index is -1.50. The molecule has 1 aromatic heterocycles. The van der Waals surface area contributed by atoms with Gasteiger partial charge in [0.15, 0.2) is 23.3 Å². The molecule has 2 aromatic carbocycles. The van der Waals surface area contributed by atoms with Crippen LogP contribution in [-0.2, 0) is 0 Å². The van der Waals surface area contributed by atoms with Crippen LogP contribution in [0.1, 0.15) is 5.56 Å². The van der Waals surface area contributed by atoms with Gasteiger partial charge in [-0.15, -0.1) is 0 Å². The van der Waals surface area contributed by atoms with E-state index >= 15 is 0 Å². The maximum absolute atomic E-state index is 14.3. The lowest BCUT2D eigenvalue weighted by Crippen LogP contribution is -2.50. The summed E-state index contributed by atoms with van der Waals surface area (Å²) in [5.41, 5.74) is 1.38. The predicted octanol–water partition coefficient (Wildman–Crippen LogP) is 3.73. The second-order valence-electron chi connectivity index (χ2n) is 7.49. The van der Waals surface area contributed by atoms with Crippen LogP contribution >= 0.6 is 0 Å². The third-order valence-electron chi connectivity index (χ3n) is 5.47. The first-order valence-corrected chi connectivity index (χ1v) is 10.2. The van der Waals surface area contributed by atoms with E-state index in [9.17, 15) is 18.0 Å². The van der Waals surface area contributed by atoms with Gasteiger partial charge < -0.3 is 19.3 Å². The second kappa shape index (κ2) is 9.00. The fraction of sp³-hybridized carbons (Fsp3) is 0.318. The summed E-state index contributed by atoms with van der Waals surface area (Å²) in [6.45, 7) is 2.49. The largest absolute Gasteiger partial charge is 0.497 e. The van der Waals surface area contributed by atoms with E-state index < -0.39 is 23.5 Å². The Balaban J connectivity index is 1.48. The van der Waals surface area contributed by atoms with E-state index in [1.807, 2.05) is 0 Å². The maximum atomic E-state index is 14.3. The molecule has 0 saturated carbocycles. The molecule has 0 bridgehead atoms. The van der Waals surface area contributed by atoms with Crippen molar-refractivity contribution in [1.82, 2.24) is 14.9 Å². The van der Waals surface area contributed by atoms with Crippen molar-refractivity contribution in [2.45, 2.75) is 6.92 Å². The number of methoxy groups -OCH3 is 2.